The Kier molecular flexibility index (Phi) is 5.30. The molecular formula is C15H30N2. The molecule has 0 aromatic carbocycles. The van der Waals surface area contributed by atoms with E-state index < -0.39 is 0 Å². The third-order valence-corrected chi connectivity index (χ3v) is 4.86. The van der Waals surface area contributed by atoms with Crippen molar-refractivity contribution in [2.75, 3.05) is 19.6 Å². The molecule has 1 aliphatic carbocycles. The average molecular weight is 238 g/mol. The smallest absolute Gasteiger partial charge is 0.0193 e. The molecule has 1 aliphatic heterocycles. The summed E-state index contributed by atoms with van der Waals surface area (Å²) >= 11 is 0. The van der Waals surface area contributed by atoms with Crippen molar-refractivity contribution in [3.63, 3.8) is 0 Å². The van der Waals surface area contributed by atoms with Gasteiger partial charge in [0.2, 0.25) is 0 Å². The topological polar surface area (TPSA) is 15.3 Å². The van der Waals surface area contributed by atoms with Gasteiger partial charge in [-0.05, 0) is 31.6 Å². The second-order valence-electron chi connectivity index (χ2n) is 5.93. The molecule has 2 nitrogen and oxygen atoms in total. The van der Waals surface area contributed by atoms with Crippen molar-refractivity contribution in [3.8, 4) is 0 Å². The third kappa shape index (κ3) is 3.45. The Hall–Kier alpha value is -0.0800. The van der Waals surface area contributed by atoms with Gasteiger partial charge in [0.05, 0.1) is 0 Å². The Balaban J connectivity index is 1.91. The molecule has 1 saturated carbocycles. The summed E-state index contributed by atoms with van der Waals surface area (Å²) in [5.41, 5.74) is 0. The van der Waals surface area contributed by atoms with Crippen LogP contribution in [0.5, 0.6) is 0 Å². The van der Waals surface area contributed by atoms with Gasteiger partial charge in [-0.3, -0.25) is 4.90 Å². The number of rotatable bonds is 4. The molecule has 1 heterocycles. The van der Waals surface area contributed by atoms with Crippen LogP contribution in [0.1, 0.15) is 58.8 Å². The first-order valence-electron chi connectivity index (χ1n) is 7.82. The average Bonchev–Trinajstić information content (AvgIpc) is 2.41. The third-order valence-electron chi connectivity index (χ3n) is 4.86. The zero-order chi connectivity index (χ0) is 12.1. The SMILES string of the molecule is CCC1CN(C(CC)C2CCCCC2)CCN1. The molecule has 0 bridgehead atoms. The second kappa shape index (κ2) is 6.75. The maximum atomic E-state index is 3.64. The molecular weight excluding hydrogens is 208 g/mol. The van der Waals surface area contributed by atoms with Crippen molar-refractivity contribution in [2.45, 2.75) is 70.9 Å². The second-order valence-corrected chi connectivity index (χ2v) is 5.93. The van der Waals surface area contributed by atoms with Gasteiger partial charge in [0.1, 0.15) is 0 Å². The predicted octanol–water partition coefficient (Wildman–Crippen LogP) is 3.03. The fourth-order valence-corrected chi connectivity index (χ4v) is 3.83. The molecule has 17 heavy (non-hydrogen) atoms. The first-order chi connectivity index (χ1) is 8.35. The summed E-state index contributed by atoms with van der Waals surface area (Å²) < 4.78 is 0. The lowest BCUT2D eigenvalue weighted by atomic mass is 9.82. The van der Waals surface area contributed by atoms with Gasteiger partial charge in [0.15, 0.2) is 0 Å². The van der Waals surface area contributed by atoms with E-state index in [1.165, 1.54) is 64.6 Å². The van der Waals surface area contributed by atoms with Gasteiger partial charge in [-0.25, -0.2) is 0 Å². The first-order valence-corrected chi connectivity index (χ1v) is 7.82. The normalized spacial score (nSPS) is 30.4. The monoisotopic (exact) mass is 238 g/mol. The van der Waals surface area contributed by atoms with Crippen LogP contribution in [0.15, 0.2) is 0 Å². The molecule has 2 aliphatic rings. The molecule has 0 radical (unpaired) electrons. The first kappa shape index (κ1) is 13.4. The molecule has 1 N–H and O–H groups in total. The summed E-state index contributed by atoms with van der Waals surface area (Å²) in [5.74, 6) is 0.990. The van der Waals surface area contributed by atoms with Gasteiger partial charge in [-0.15, -0.1) is 0 Å². The fourth-order valence-electron chi connectivity index (χ4n) is 3.83. The Morgan fingerprint density at radius 1 is 1.18 bits per heavy atom. The van der Waals surface area contributed by atoms with Crippen LogP contribution in [0.25, 0.3) is 0 Å². The van der Waals surface area contributed by atoms with Crippen molar-refractivity contribution in [2.24, 2.45) is 5.92 Å². The summed E-state index contributed by atoms with van der Waals surface area (Å²) in [7, 11) is 0. The highest BCUT2D eigenvalue weighted by Crippen LogP contribution is 2.31. The van der Waals surface area contributed by atoms with E-state index in [1.807, 2.05) is 0 Å². The van der Waals surface area contributed by atoms with Crippen LogP contribution >= 0.6 is 0 Å². The van der Waals surface area contributed by atoms with Crippen molar-refractivity contribution >= 4 is 0 Å². The summed E-state index contributed by atoms with van der Waals surface area (Å²) in [4.78, 5) is 2.79. The van der Waals surface area contributed by atoms with E-state index in [0.717, 1.165) is 18.0 Å². The Morgan fingerprint density at radius 2 is 1.94 bits per heavy atom. The van der Waals surface area contributed by atoms with Crippen molar-refractivity contribution in [1.82, 2.24) is 10.2 Å². The quantitative estimate of drug-likeness (QED) is 0.810. The molecule has 0 amide bonds. The van der Waals surface area contributed by atoms with E-state index in [0.29, 0.717) is 0 Å². The zero-order valence-corrected chi connectivity index (χ0v) is 11.8. The van der Waals surface area contributed by atoms with Gasteiger partial charge in [-0.2, -0.15) is 0 Å². The molecule has 2 heteroatoms. The van der Waals surface area contributed by atoms with Crippen molar-refractivity contribution in [1.29, 1.82) is 0 Å². The van der Waals surface area contributed by atoms with Crippen LogP contribution in [-0.4, -0.2) is 36.6 Å². The van der Waals surface area contributed by atoms with Gasteiger partial charge in [0, 0.05) is 31.7 Å². The van der Waals surface area contributed by atoms with Crippen molar-refractivity contribution < 1.29 is 0 Å². The van der Waals surface area contributed by atoms with Crippen LogP contribution in [0.3, 0.4) is 0 Å². The van der Waals surface area contributed by atoms with Gasteiger partial charge in [-0.1, -0.05) is 33.1 Å². The highest BCUT2D eigenvalue weighted by atomic mass is 15.2. The summed E-state index contributed by atoms with van der Waals surface area (Å²) in [6, 6.07) is 1.60. The van der Waals surface area contributed by atoms with E-state index in [2.05, 4.69) is 24.1 Å². The van der Waals surface area contributed by atoms with E-state index in [1.54, 1.807) is 0 Å². The van der Waals surface area contributed by atoms with Crippen LogP contribution in [0.4, 0.5) is 0 Å². The molecule has 1 saturated heterocycles. The highest BCUT2D eigenvalue weighted by molar-refractivity contribution is 4.86. The van der Waals surface area contributed by atoms with Crippen molar-refractivity contribution in [3.05, 3.63) is 0 Å². The summed E-state index contributed by atoms with van der Waals surface area (Å²) in [6.07, 6.45) is 10.0. The minimum atomic E-state index is 0.737. The van der Waals surface area contributed by atoms with Crippen LogP contribution in [-0.2, 0) is 0 Å². The number of nitrogens with zero attached hydrogens (tertiary/aromatic N) is 1. The fraction of sp³-hybridized carbons (Fsp3) is 1.00. The van der Waals surface area contributed by atoms with Crippen LogP contribution in [0.2, 0.25) is 0 Å². The molecule has 2 unspecified atom stereocenters. The molecule has 2 rings (SSSR count). The maximum Gasteiger partial charge on any atom is 0.0193 e. The lowest BCUT2D eigenvalue weighted by molar-refractivity contribution is 0.0819. The number of piperazine rings is 1. The molecule has 100 valence electrons. The van der Waals surface area contributed by atoms with Gasteiger partial charge < -0.3 is 5.32 Å². The van der Waals surface area contributed by atoms with Crippen LogP contribution < -0.4 is 5.32 Å². The molecule has 0 spiro atoms. The number of hydrogen-bond donors (Lipinski definition) is 1. The summed E-state index contributed by atoms with van der Waals surface area (Å²) in [6.45, 7) is 8.45. The van der Waals surface area contributed by atoms with Crippen LogP contribution in [0, 0.1) is 5.92 Å². The number of nitrogens with one attached hydrogen (secondary N) is 1. The van der Waals surface area contributed by atoms with E-state index in [9.17, 15) is 0 Å². The molecule has 2 atom stereocenters. The lowest BCUT2D eigenvalue weighted by Crippen LogP contribution is -2.55. The van der Waals surface area contributed by atoms with Gasteiger partial charge >= 0.3 is 0 Å². The predicted molar refractivity (Wildman–Crippen MR) is 74.3 cm³/mol. The minimum Gasteiger partial charge on any atom is -0.311 e. The highest BCUT2D eigenvalue weighted by Gasteiger charge is 2.30. The van der Waals surface area contributed by atoms with Gasteiger partial charge in [0.25, 0.3) is 0 Å². The maximum absolute atomic E-state index is 3.64. The molecule has 2 fully saturated rings. The Morgan fingerprint density at radius 3 is 2.59 bits per heavy atom. The minimum absolute atomic E-state index is 0.737. The standard InChI is InChI=1S/C15H30N2/c1-3-14-12-17(11-10-16-14)15(4-2)13-8-6-5-7-9-13/h13-16H,3-12H2,1-2H3. The summed E-state index contributed by atoms with van der Waals surface area (Å²) in [5, 5.41) is 3.64. The zero-order valence-electron chi connectivity index (χ0n) is 11.8. The van der Waals surface area contributed by atoms with E-state index in [4.69, 9.17) is 0 Å². The lowest BCUT2D eigenvalue weighted by Gasteiger charge is -2.43. The number of hydrogen-bond acceptors (Lipinski definition) is 2. The van der Waals surface area contributed by atoms with E-state index >= 15 is 0 Å². The molecule has 0 aromatic rings. The molecule has 0 aromatic heterocycles. The Labute approximate surface area is 107 Å². The van der Waals surface area contributed by atoms with E-state index in [-0.39, 0.29) is 0 Å². The Bertz CT molecular complexity index is 211. The largest absolute Gasteiger partial charge is 0.311 e.